The van der Waals surface area contributed by atoms with E-state index in [1.807, 2.05) is 12.1 Å². The van der Waals surface area contributed by atoms with Crippen molar-refractivity contribution >= 4 is 17.3 Å². The number of ether oxygens (including phenoxy) is 1. The first-order chi connectivity index (χ1) is 8.19. The van der Waals surface area contributed by atoms with Crippen molar-refractivity contribution in [3.05, 3.63) is 23.2 Å². The number of nitrogens with two attached hydrogens (primary N) is 1. The van der Waals surface area contributed by atoms with E-state index in [-0.39, 0.29) is 6.10 Å². The number of benzene rings is 1. The fourth-order valence-electron chi connectivity index (χ4n) is 2.20. The summed E-state index contributed by atoms with van der Waals surface area (Å²) in [6, 6.07) is 5.40. The molecule has 0 radical (unpaired) electrons. The molecule has 0 amide bonds. The molecule has 2 N–H and O–H groups in total. The zero-order chi connectivity index (χ0) is 12.3. The van der Waals surface area contributed by atoms with Crippen molar-refractivity contribution < 1.29 is 4.74 Å². The quantitative estimate of drug-likeness (QED) is 0.843. The monoisotopic (exact) mass is 254 g/mol. The summed E-state index contributed by atoms with van der Waals surface area (Å²) in [5.74, 6) is 0.748. The molecule has 4 heteroatoms. The molecule has 2 rings (SSSR count). The van der Waals surface area contributed by atoms with E-state index in [9.17, 15) is 0 Å². The summed E-state index contributed by atoms with van der Waals surface area (Å²) in [6.45, 7) is 5.42. The minimum absolute atomic E-state index is 0.243. The Morgan fingerprint density at radius 3 is 3.06 bits per heavy atom. The summed E-state index contributed by atoms with van der Waals surface area (Å²) in [6.07, 6.45) is 2.53. The van der Waals surface area contributed by atoms with Gasteiger partial charge in [0.05, 0.1) is 5.69 Å². The highest BCUT2D eigenvalue weighted by atomic mass is 35.5. The van der Waals surface area contributed by atoms with Gasteiger partial charge in [-0.05, 0) is 44.1 Å². The van der Waals surface area contributed by atoms with E-state index in [4.69, 9.17) is 22.1 Å². The van der Waals surface area contributed by atoms with Crippen LogP contribution in [-0.2, 0) is 0 Å². The summed E-state index contributed by atoms with van der Waals surface area (Å²) in [4.78, 5) is 2.40. The third-order valence-corrected chi connectivity index (χ3v) is 3.41. The van der Waals surface area contributed by atoms with Crippen molar-refractivity contribution in [2.75, 3.05) is 25.4 Å². The normalized spacial score (nSPS) is 21.4. The molecule has 0 spiro atoms. The molecule has 0 bridgehead atoms. The standard InChI is InChI=1S/C13H19ClN2O/c1-2-16-7-3-4-11(9-16)17-13-6-5-10(14)8-12(13)15/h5-6,8,11H,2-4,7,9,15H2,1H3. The molecule has 1 unspecified atom stereocenters. The molecule has 0 saturated carbocycles. The molecule has 1 atom stereocenters. The minimum atomic E-state index is 0.243. The molecular weight excluding hydrogens is 236 g/mol. The first-order valence-electron chi connectivity index (χ1n) is 6.13. The number of nitrogens with zero attached hydrogens (tertiary/aromatic N) is 1. The topological polar surface area (TPSA) is 38.5 Å². The van der Waals surface area contributed by atoms with Gasteiger partial charge in [-0.2, -0.15) is 0 Å². The lowest BCUT2D eigenvalue weighted by Crippen LogP contribution is -2.40. The molecule has 1 aliphatic heterocycles. The number of hydrogen-bond donors (Lipinski definition) is 1. The summed E-state index contributed by atoms with van der Waals surface area (Å²) in [7, 11) is 0. The van der Waals surface area contributed by atoms with Crippen molar-refractivity contribution in [2.24, 2.45) is 0 Å². The number of nitrogen functional groups attached to an aromatic ring is 1. The van der Waals surface area contributed by atoms with Gasteiger partial charge in [-0.15, -0.1) is 0 Å². The predicted octanol–water partition coefficient (Wildman–Crippen LogP) is 2.79. The molecule has 0 aromatic heterocycles. The summed E-state index contributed by atoms with van der Waals surface area (Å²) >= 11 is 5.86. The Bertz CT molecular complexity index is 384. The van der Waals surface area contributed by atoms with Crippen LogP contribution in [0.5, 0.6) is 5.75 Å². The van der Waals surface area contributed by atoms with Gasteiger partial charge in [0.1, 0.15) is 11.9 Å². The second-order valence-electron chi connectivity index (χ2n) is 4.46. The summed E-state index contributed by atoms with van der Waals surface area (Å²) in [5.41, 5.74) is 6.50. The van der Waals surface area contributed by atoms with Gasteiger partial charge >= 0.3 is 0 Å². The van der Waals surface area contributed by atoms with Crippen LogP contribution in [0, 0.1) is 0 Å². The molecule has 1 aromatic carbocycles. The number of likely N-dealkylation sites (tertiary alicyclic amines) is 1. The molecule has 17 heavy (non-hydrogen) atoms. The molecule has 94 valence electrons. The number of anilines is 1. The van der Waals surface area contributed by atoms with E-state index in [2.05, 4.69) is 11.8 Å². The maximum Gasteiger partial charge on any atom is 0.142 e. The van der Waals surface area contributed by atoms with Crippen LogP contribution in [0.3, 0.4) is 0 Å². The lowest BCUT2D eigenvalue weighted by Gasteiger charge is -2.32. The van der Waals surface area contributed by atoms with E-state index in [0.717, 1.165) is 25.3 Å². The number of piperidine rings is 1. The van der Waals surface area contributed by atoms with Gasteiger partial charge in [0.25, 0.3) is 0 Å². The van der Waals surface area contributed by atoms with E-state index in [0.29, 0.717) is 10.7 Å². The Balaban J connectivity index is 2.00. The fourth-order valence-corrected chi connectivity index (χ4v) is 2.38. The van der Waals surface area contributed by atoms with Crippen LogP contribution >= 0.6 is 11.6 Å². The summed E-state index contributed by atoms with van der Waals surface area (Å²) < 4.78 is 5.95. The van der Waals surface area contributed by atoms with Gasteiger partial charge in [0, 0.05) is 11.6 Å². The molecule has 3 nitrogen and oxygen atoms in total. The van der Waals surface area contributed by atoms with Gasteiger partial charge in [-0.1, -0.05) is 18.5 Å². The van der Waals surface area contributed by atoms with E-state index < -0.39 is 0 Å². The third-order valence-electron chi connectivity index (χ3n) is 3.17. The van der Waals surface area contributed by atoms with Gasteiger partial charge in [-0.3, -0.25) is 4.90 Å². The van der Waals surface area contributed by atoms with Gasteiger partial charge in [0.2, 0.25) is 0 Å². The maximum atomic E-state index is 5.95. The highest BCUT2D eigenvalue weighted by Crippen LogP contribution is 2.27. The zero-order valence-electron chi connectivity index (χ0n) is 10.2. The highest BCUT2D eigenvalue weighted by molar-refractivity contribution is 6.30. The molecule has 0 aliphatic carbocycles. The zero-order valence-corrected chi connectivity index (χ0v) is 10.9. The van der Waals surface area contributed by atoms with E-state index in [1.54, 1.807) is 6.07 Å². The minimum Gasteiger partial charge on any atom is -0.487 e. The Kier molecular flexibility index (Phi) is 4.13. The van der Waals surface area contributed by atoms with E-state index >= 15 is 0 Å². The Labute approximate surface area is 107 Å². The molecule has 1 fully saturated rings. The average Bonchev–Trinajstić information content (AvgIpc) is 2.33. The first-order valence-corrected chi connectivity index (χ1v) is 6.51. The van der Waals surface area contributed by atoms with Gasteiger partial charge in [0.15, 0.2) is 0 Å². The van der Waals surface area contributed by atoms with Gasteiger partial charge in [-0.25, -0.2) is 0 Å². The van der Waals surface area contributed by atoms with Gasteiger partial charge < -0.3 is 10.5 Å². The third kappa shape index (κ3) is 3.27. The molecule has 1 saturated heterocycles. The Morgan fingerprint density at radius 1 is 1.53 bits per heavy atom. The molecule has 1 aliphatic rings. The van der Waals surface area contributed by atoms with Crippen LogP contribution in [0.4, 0.5) is 5.69 Å². The Hall–Kier alpha value is -0.930. The first kappa shape index (κ1) is 12.5. The fraction of sp³-hybridized carbons (Fsp3) is 0.538. The molecule has 1 aromatic rings. The smallest absolute Gasteiger partial charge is 0.142 e. The largest absolute Gasteiger partial charge is 0.487 e. The van der Waals surface area contributed by atoms with Crippen molar-refractivity contribution in [2.45, 2.75) is 25.9 Å². The van der Waals surface area contributed by atoms with Crippen LogP contribution in [-0.4, -0.2) is 30.6 Å². The molecule has 1 heterocycles. The van der Waals surface area contributed by atoms with E-state index in [1.165, 1.54) is 13.0 Å². The number of hydrogen-bond acceptors (Lipinski definition) is 3. The van der Waals surface area contributed by atoms with Crippen molar-refractivity contribution in [3.8, 4) is 5.75 Å². The van der Waals surface area contributed by atoms with Crippen LogP contribution in [0.1, 0.15) is 19.8 Å². The van der Waals surface area contributed by atoms with Crippen molar-refractivity contribution in [1.82, 2.24) is 4.90 Å². The number of likely N-dealkylation sites (N-methyl/N-ethyl adjacent to an activating group) is 1. The average molecular weight is 255 g/mol. The highest BCUT2D eigenvalue weighted by Gasteiger charge is 2.20. The van der Waals surface area contributed by atoms with Crippen LogP contribution in [0.15, 0.2) is 18.2 Å². The maximum absolute atomic E-state index is 5.95. The van der Waals surface area contributed by atoms with Crippen LogP contribution in [0.2, 0.25) is 5.02 Å². The number of halogens is 1. The predicted molar refractivity (Wildman–Crippen MR) is 71.6 cm³/mol. The lowest BCUT2D eigenvalue weighted by atomic mass is 10.1. The molecular formula is C13H19ClN2O. The second kappa shape index (κ2) is 5.61. The Morgan fingerprint density at radius 2 is 2.35 bits per heavy atom. The second-order valence-corrected chi connectivity index (χ2v) is 4.89. The van der Waals surface area contributed by atoms with Crippen molar-refractivity contribution in [3.63, 3.8) is 0 Å². The van der Waals surface area contributed by atoms with Crippen LogP contribution in [0.25, 0.3) is 0 Å². The SMILES string of the molecule is CCN1CCCC(Oc2ccc(Cl)cc2N)C1. The summed E-state index contributed by atoms with van der Waals surface area (Å²) in [5, 5.41) is 0.647. The van der Waals surface area contributed by atoms with Crippen molar-refractivity contribution in [1.29, 1.82) is 0 Å². The van der Waals surface area contributed by atoms with Crippen LogP contribution < -0.4 is 10.5 Å². The lowest BCUT2D eigenvalue weighted by molar-refractivity contribution is 0.0925. The number of rotatable bonds is 3.